The van der Waals surface area contributed by atoms with Gasteiger partial charge in [0.25, 0.3) is 0 Å². The maximum Gasteiger partial charge on any atom is 0.222 e. The van der Waals surface area contributed by atoms with Gasteiger partial charge in [-0.2, -0.15) is 0 Å². The highest BCUT2D eigenvalue weighted by Gasteiger charge is 2.08. The average molecular weight is 288 g/mol. The molecular formula is C15H20N4O2. The van der Waals surface area contributed by atoms with Crippen molar-refractivity contribution in [3.8, 4) is 5.75 Å². The zero-order valence-electron chi connectivity index (χ0n) is 12.1. The van der Waals surface area contributed by atoms with Crippen LogP contribution in [-0.2, 0) is 17.8 Å². The third kappa shape index (κ3) is 5.25. The van der Waals surface area contributed by atoms with Crippen LogP contribution in [0.15, 0.2) is 36.7 Å². The van der Waals surface area contributed by atoms with Crippen LogP contribution in [0.5, 0.6) is 5.75 Å². The standard InChI is InChI=1S/C15H20N4O2/c1-12(2-3-13-4-6-14(20)7-5-13)17-15(21)8-10-19-11-9-16-18-19/h4-7,9,11-12,20H,2-3,8,10H2,1H3,(H,17,21). The summed E-state index contributed by atoms with van der Waals surface area (Å²) in [5.74, 6) is 0.289. The third-order valence-corrected chi connectivity index (χ3v) is 3.25. The maximum atomic E-state index is 11.8. The summed E-state index contributed by atoms with van der Waals surface area (Å²) >= 11 is 0. The molecule has 0 saturated heterocycles. The first-order valence-corrected chi connectivity index (χ1v) is 7.05. The van der Waals surface area contributed by atoms with Gasteiger partial charge >= 0.3 is 0 Å². The van der Waals surface area contributed by atoms with E-state index in [2.05, 4.69) is 15.6 Å². The number of benzene rings is 1. The first-order chi connectivity index (χ1) is 10.1. The predicted octanol–water partition coefficient (Wildman–Crippen LogP) is 1.51. The molecule has 1 atom stereocenters. The number of amides is 1. The molecule has 2 aromatic rings. The normalized spacial score (nSPS) is 12.0. The molecule has 2 rings (SSSR count). The molecule has 0 saturated carbocycles. The smallest absolute Gasteiger partial charge is 0.222 e. The van der Waals surface area contributed by atoms with Crippen LogP contribution >= 0.6 is 0 Å². The fraction of sp³-hybridized carbons (Fsp3) is 0.400. The molecule has 1 aromatic carbocycles. The van der Waals surface area contributed by atoms with Crippen molar-refractivity contribution in [1.82, 2.24) is 20.3 Å². The van der Waals surface area contributed by atoms with Crippen LogP contribution in [0.3, 0.4) is 0 Å². The lowest BCUT2D eigenvalue weighted by atomic mass is 10.1. The lowest BCUT2D eigenvalue weighted by molar-refractivity contribution is -0.122. The van der Waals surface area contributed by atoms with E-state index in [-0.39, 0.29) is 17.7 Å². The van der Waals surface area contributed by atoms with Gasteiger partial charge in [-0.05, 0) is 37.5 Å². The molecule has 0 bridgehead atoms. The van der Waals surface area contributed by atoms with Gasteiger partial charge in [0, 0.05) is 18.7 Å². The Hall–Kier alpha value is -2.37. The van der Waals surface area contributed by atoms with Crippen LogP contribution in [0.2, 0.25) is 0 Å². The predicted molar refractivity (Wildman–Crippen MR) is 78.7 cm³/mol. The fourth-order valence-corrected chi connectivity index (χ4v) is 2.03. The number of hydrogen-bond acceptors (Lipinski definition) is 4. The number of aryl methyl sites for hydroxylation is 2. The molecule has 6 nitrogen and oxygen atoms in total. The van der Waals surface area contributed by atoms with E-state index in [0.29, 0.717) is 13.0 Å². The molecule has 1 amide bonds. The maximum absolute atomic E-state index is 11.8. The van der Waals surface area contributed by atoms with E-state index in [1.54, 1.807) is 29.2 Å². The van der Waals surface area contributed by atoms with Crippen LogP contribution < -0.4 is 5.32 Å². The van der Waals surface area contributed by atoms with Crippen LogP contribution in [0.4, 0.5) is 0 Å². The Labute approximate surface area is 123 Å². The molecule has 112 valence electrons. The Kier molecular flexibility index (Phi) is 5.31. The number of carbonyl (C=O) groups excluding carboxylic acids is 1. The van der Waals surface area contributed by atoms with Gasteiger partial charge in [-0.25, -0.2) is 0 Å². The monoisotopic (exact) mass is 288 g/mol. The summed E-state index contributed by atoms with van der Waals surface area (Å²) in [6, 6.07) is 7.26. The van der Waals surface area contributed by atoms with E-state index in [0.717, 1.165) is 18.4 Å². The molecule has 1 aromatic heterocycles. The lowest BCUT2D eigenvalue weighted by Gasteiger charge is -2.14. The number of aromatic hydroxyl groups is 1. The van der Waals surface area contributed by atoms with Gasteiger partial charge in [-0.3, -0.25) is 9.48 Å². The number of hydrogen-bond donors (Lipinski definition) is 2. The zero-order valence-corrected chi connectivity index (χ0v) is 12.1. The Morgan fingerprint density at radius 1 is 1.38 bits per heavy atom. The average Bonchev–Trinajstić information content (AvgIpc) is 2.98. The van der Waals surface area contributed by atoms with Crippen molar-refractivity contribution in [2.24, 2.45) is 0 Å². The second kappa shape index (κ2) is 7.42. The minimum absolute atomic E-state index is 0.0173. The number of aromatic nitrogens is 3. The molecule has 2 N–H and O–H groups in total. The van der Waals surface area contributed by atoms with E-state index < -0.39 is 0 Å². The largest absolute Gasteiger partial charge is 0.508 e. The van der Waals surface area contributed by atoms with Crippen molar-refractivity contribution in [3.05, 3.63) is 42.2 Å². The molecule has 0 aliphatic heterocycles. The highest BCUT2D eigenvalue weighted by Crippen LogP contribution is 2.11. The number of nitrogens with zero attached hydrogens (tertiary/aromatic N) is 3. The van der Waals surface area contributed by atoms with E-state index >= 15 is 0 Å². The van der Waals surface area contributed by atoms with Gasteiger partial charge in [0.15, 0.2) is 0 Å². The van der Waals surface area contributed by atoms with Crippen molar-refractivity contribution in [3.63, 3.8) is 0 Å². The first-order valence-electron chi connectivity index (χ1n) is 7.05. The lowest BCUT2D eigenvalue weighted by Crippen LogP contribution is -2.33. The van der Waals surface area contributed by atoms with Crippen molar-refractivity contribution in [1.29, 1.82) is 0 Å². The van der Waals surface area contributed by atoms with Crippen LogP contribution in [0.25, 0.3) is 0 Å². The van der Waals surface area contributed by atoms with Crippen molar-refractivity contribution in [2.75, 3.05) is 0 Å². The number of phenolic OH excluding ortho intramolecular Hbond substituents is 1. The van der Waals surface area contributed by atoms with Gasteiger partial charge in [0.2, 0.25) is 5.91 Å². The molecule has 21 heavy (non-hydrogen) atoms. The SMILES string of the molecule is CC(CCc1ccc(O)cc1)NC(=O)CCn1ccnn1. The summed E-state index contributed by atoms with van der Waals surface area (Å²) in [4.78, 5) is 11.8. The minimum atomic E-state index is 0.0173. The molecule has 0 aliphatic rings. The van der Waals surface area contributed by atoms with Gasteiger partial charge in [0.1, 0.15) is 5.75 Å². The zero-order chi connectivity index (χ0) is 15.1. The van der Waals surface area contributed by atoms with Crippen molar-refractivity contribution < 1.29 is 9.90 Å². The summed E-state index contributed by atoms with van der Waals surface area (Å²) in [6.45, 7) is 2.53. The highest BCUT2D eigenvalue weighted by molar-refractivity contribution is 5.76. The molecule has 0 radical (unpaired) electrons. The van der Waals surface area contributed by atoms with E-state index in [9.17, 15) is 9.90 Å². The van der Waals surface area contributed by atoms with Crippen molar-refractivity contribution >= 4 is 5.91 Å². The van der Waals surface area contributed by atoms with E-state index in [1.807, 2.05) is 19.1 Å². The molecule has 0 fully saturated rings. The summed E-state index contributed by atoms with van der Waals surface area (Å²) in [6.07, 6.45) is 5.46. The van der Waals surface area contributed by atoms with Gasteiger partial charge < -0.3 is 10.4 Å². The Balaban J connectivity index is 1.67. The molecular weight excluding hydrogens is 268 g/mol. The quantitative estimate of drug-likeness (QED) is 0.809. The molecule has 0 spiro atoms. The van der Waals surface area contributed by atoms with E-state index in [1.165, 1.54) is 0 Å². The third-order valence-electron chi connectivity index (χ3n) is 3.25. The Morgan fingerprint density at radius 2 is 2.14 bits per heavy atom. The molecule has 1 heterocycles. The van der Waals surface area contributed by atoms with Crippen molar-refractivity contribution in [2.45, 2.75) is 38.8 Å². The molecule has 0 aliphatic carbocycles. The number of nitrogens with one attached hydrogen (secondary N) is 1. The second-order valence-corrected chi connectivity index (χ2v) is 5.09. The topological polar surface area (TPSA) is 80.0 Å². The van der Waals surface area contributed by atoms with Crippen LogP contribution in [0, 0.1) is 0 Å². The minimum Gasteiger partial charge on any atom is -0.508 e. The van der Waals surface area contributed by atoms with Gasteiger partial charge in [-0.15, -0.1) is 5.10 Å². The molecule has 6 heteroatoms. The first kappa shape index (κ1) is 15.0. The van der Waals surface area contributed by atoms with Crippen LogP contribution in [-0.4, -0.2) is 32.0 Å². The number of rotatable bonds is 7. The number of phenols is 1. The summed E-state index contributed by atoms with van der Waals surface area (Å²) in [5, 5.41) is 19.7. The Morgan fingerprint density at radius 3 is 2.81 bits per heavy atom. The molecule has 1 unspecified atom stereocenters. The summed E-state index contributed by atoms with van der Waals surface area (Å²) < 4.78 is 1.64. The highest BCUT2D eigenvalue weighted by atomic mass is 16.3. The fourth-order valence-electron chi connectivity index (χ4n) is 2.03. The van der Waals surface area contributed by atoms with E-state index in [4.69, 9.17) is 0 Å². The van der Waals surface area contributed by atoms with Gasteiger partial charge in [0.05, 0.1) is 12.7 Å². The van der Waals surface area contributed by atoms with Crippen LogP contribution in [0.1, 0.15) is 25.3 Å². The number of carbonyl (C=O) groups is 1. The summed E-state index contributed by atoms with van der Waals surface area (Å²) in [7, 11) is 0. The Bertz CT molecular complexity index is 552. The summed E-state index contributed by atoms with van der Waals surface area (Å²) in [5.41, 5.74) is 1.15. The second-order valence-electron chi connectivity index (χ2n) is 5.09. The van der Waals surface area contributed by atoms with Gasteiger partial charge in [-0.1, -0.05) is 17.3 Å².